The van der Waals surface area contributed by atoms with Gasteiger partial charge in [-0.3, -0.25) is 10.2 Å². The zero-order chi connectivity index (χ0) is 15.4. The smallest absolute Gasteiger partial charge is 0.258 e. The summed E-state index contributed by atoms with van der Waals surface area (Å²) in [4.78, 5) is 12.1. The van der Waals surface area contributed by atoms with Crippen LogP contribution in [0.1, 0.15) is 32.8 Å². The van der Waals surface area contributed by atoms with Crippen LogP contribution in [0.3, 0.4) is 0 Å². The zero-order valence-electron chi connectivity index (χ0n) is 12.5. The van der Waals surface area contributed by atoms with E-state index in [2.05, 4.69) is 35.2 Å². The van der Waals surface area contributed by atoms with Gasteiger partial charge >= 0.3 is 0 Å². The first kappa shape index (κ1) is 15.9. The number of nitrogens with zero attached hydrogens (tertiary/aromatic N) is 1. The van der Waals surface area contributed by atoms with Crippen LogP contribution in [0, 0.1) is 5.92 Å². The Labute approximate surface area is 130 Å². The fraction of sp³-hybridized carbons (Fsp3) is 0.467. The van der Waals surface area contributed by atoms with Crippen LogP contribution in [0.5, 0.6) is 0 Å². The van der Waals surface area contributed by atoms with Crippen LogP contribution >= 0.6 is 11.6 Å². The molecule has 1 aromatic carbocycles. The maximum atomic E-state index is 12.1. The second-order valence-corrected chi connectivity index (χ2v) is 5.99. The minimum atomic E-state index is -0.264. The Balaban J connectivity index is 1.95. The molecule has 0 aromatic heterocycles. The summed E-state index contributed by atoms with van der Waals surface area (Å²) in [6.45, 7) is 6.07. The van der Waals surface area contributed by atoms with Crippen LogP contribution in [-0.4, -0.2) is 23.7 Å². The maximum absolute atomic E-state index is 12.1. The predicted molar refractivity (Wildman–Crippen MR) is 85.1 cm³/mol. The first-order valence-electron chi connectivity index (χ1n) is 7.09. The zero-order valence-corrected chi connectivity index (χ0v) is 13.2. The highest BCUT2D eigenvalue weighted by molar-refractivity contribution is 6.34. The third kappa shape index (κ3) is 4.03. The second-order valence-electron chi connectivity index (χ2n) is 5.58. The third-order valence-corrected chi connectivity index (χ3v) is 3.98. The van der Waals surface area contributed by atoms with Crippen molar-refractivity contribution in [1.82, 2.24) is 16.3 Å². The summed E-state index contributed by atoms with van der Waals surface area (Å²) in [6, 6.07) is 7.45. The monoisotopic (exact) mass is 308 g/mol. The van der Waals surface area contributed by atoms with Gasteiger partial charge in [-0.2, -0.15) is 5.10 Å². The highest BCUT2D eigenvalue weighted by atomic mass is 35.5. The molecule has 1 amide bonds. The van der Waals surface area contributed by atoms with Gasteiger partial charge in [0.2, 0.25) is 0 Å². The molecule has 1 saturated heterocycles. The average molecular weight is 309 g/mol. The Morgan fingerprint density at radius 1 is 1.38 bits per heavy atom. The molecule has 0 saturated carbocycles. The van der Waals surface area contributed by atoms with E-state index in [4.69, 9.17) is 11.6 Å². The van der Waals surface area contributed by atoms with Gasteiger partial charge in [-0.1, -0.05) is 43.6 Å². The van der Waals surface area contributed by atoms with E-state index in [-0.39, 0.29) is 11.9 Å². The number of hydrazine groups is 1. The average Bonchev–Trinajstić information content (AvgIpc) is 2.95. The van der Waals surface area contributed by atoms with E-state index in [0.29, 0.717) is 22.7 Å². The molecule has 6 heteroatoms. The topological polar surface area (TPSA) is 65.5 Å². The Morgan fingerprint density at radius 2 is 2.10 bits per heavy atom. The van der Waals surface area contributed by atoms with Crippen LogP contribution in [0.25, 0.3) is 0 Å². The van der Waals surface area contributed by atoms with Crippen molar-refractivity contribution >= 4 is 23.2 Å². The molecule has 0 bridgehead atoms. The number of carbonyl (C=O) groups excluding carboxylic acids is 1. The second kappa shape index (κ2) is 7.02. The molecular weight excluding hydrogens is 288 g/mol. The van der Waals surface area contributed by atoms with Gasteiger partial charge in [0.15, 0.2) is 0 Å². The van der Waals surface area contributed by atoms with E-state index in [1.54, 1.807) is 6.07 Å². The van der Waals surface area contributed by atoms with Gasteiger partial charge in [-0.25, -0.2) is 10.9 Å². The Bertz CT molecular complexity index is 544. The molecular formula is C15H21ClN4O. The van der Waals surface area contributed by atoms with E-state index in [1.807, 2.05) is 25.1 Å². The van der Waals surface area contributed by atoms with Crippen LogP contribution in [0.15, 0.2) is 29.4 Å². The number of amides is 1. The number of nitrogens with one attached hydrogen (secondary N) is 3. The van der Waals surface area contributed by atoms with Gasteiger partial charge in [0, 0.05) is 16.6 Å². The molecule has 114 valence electrons. The molecule has 2 unspecified atom stereocenters. The summed E-state index contributed by atoms with van der Waals surface area (Å²) in [5, 5.41) is 4.75. The van der Waals surface area contributed by atoms with Crippen LogP contribution in [-0.2, 0) is 4.79 Å². The summed E-state index contributed by atoms with van der Waals surface area (Å²) < 4.78 is 0. The van der Waals surface area contributed by atoms with Gasteiger partial charge < -0.3 is 0 Å². The lowest BCUT2D eigenvalue weighted by molar-refractivity contribution is -0.122. The van der Waals surface area contributed by atoms with Crippen molar-refractivity contribution < 1.29 is 4.79 Å². The van der Waals surface area contributed by atoms with Crippen molar-refractivity contribution in [2.24, 2.45) is 11.0 Å². The molecule has 2 atom stereocenters. The van der Waals surface area contributed by atoms with Crippen molar-refractivity contribution in [3.05, 3.63) is 34.9 Å². The molecule has 1 aromatic rings. The van der Waals surface area contributed by atoms with Crippen LogP contribution in [0.4, 0.5) is 0 Å². The van der Waals surface area contributed by atoms with Gasteiger partial charge in [0.05, 0.1) is 5.71 Å². The molecule has 1 heterocycles. The highest BCUT2D eigenvalue weighted by Crippen LogP contribution is 2.16. The van der Waals surface area contributed by atoms with Crippen molar-refractivity contribution in [3.63, 3.8) is 0 Å². The lowest BCUT2D eigenvalue weighted by Gasteiger charge is -2.12. The predicted octanol–water partition coefficient (Wildman–Crippen LogP) is 2.07. The third-order valence-electron chi connectivity index (χ3n) is 3.65. The highest BCUT2D eigenvalue weighted by Gasteiger charge is 2.30. The molecule has 1 fully saturated rings. The van der Waals surface area contributed by atoms with Crippen molar-refractivity contribution in [1.29, 1.82) is 0 Å². The first-order valence-corrected chi connectivity index (χ1v) is 7.47. The number of carbonyl (C=O) groups is 1. The summed E-state index contributed by atoms with van der Waals surface area (Å²) >= 11 is 6.10. The number of benzene rings is 1. The van der Waals surface area contributed by atoms with E-state index in [9.17, 15) is 4.79 Å². The minimum absolute atomic E-state index is 0.142. The summed E-state index contributed by atoms with van der Waals surface area (Å²) in [7, 11) is 0. The molecule has 1 aliphatic rings. The number of halogens is 1. The fourth-order valence-corrected chi connectivity index (χ4v) is 2.50. The first-order chi connectivity index (χ1) is 9.99. The lowest BCUT2D eigenvalue weighted by atomic mass is 9.99. The molecule has 0 aliphatic carbocycles. The molecule has 0 spiro atoms. The Morgan fingerprint density at radius 3 is 2.71 bits per heavy atom. The number of rotatable bonds is 4. The standard InChI is InChI=1S/C15H21ClN4O/c1-9(2)13-8-14(19-18-13)15(21)20-17-10(3)11-6-4-5-7-12(11)16/h4-7,9,13-14,18-19H,8H2,1-3H3,(H,20,21)/b17-10+. The maximum Gasteiger partial charge on any atom is 0.258 e. The largest absolute Gasteiger partial charge is 0.271 e. The molecule has 3 N–H and O–H groups in total. The number of hydrazone groups is 1. The number of hydrogen-bond acceptors (Lipinski definition) is 4. The normalized spacial score (nSPS) is 22.6. The summed E-state index contributed by atoms with van der Waals surface area (Å²) in [5.41, 5.74) is 10.2. The molecule has 21 heavy (non-hydrogen) atoms. The quantitative estimate of drug-likeness (QED) is 0.589. The van der Waals surface area contributed by atoms with Gasteiger partial charge in [0.25, 0.3) is 5.91 Å². The van der Waals surface area contributed by atoms with E-state index in [1.165, 1.54) is 0 Å². The van der Waals surface area contributed by atoms with Gasteiger partial charge in [0.1, 0.15) is 6.04 Å². The fourth-order valence-electron chi connectivity index (χ4n) is 2.22. The Kier molecular flexibility index (Phi) is 5.33. The molecule has 5 nitrogen and oxygen atoms in total. The van der Waals surface area contributed by atoms with Crippen molar-refractivity contribution in [2.75, 3.05) is 0 Å². The Hall–Kier alpha value is -1.43. The van der Waals surface area contributed by atoms with E-state index >= 15 is 0 Å². The lowest BCUT2D eigenvalue weighted by Crippen LogP contribution is -2.42. The summed E-state index contributed by atoms with van der Waals surface area (Å²) in [5.74, 6) is 0.334. The van der Waals surface area contributed by atoms with E-state index in [0.717, 1.165) is 12.0 Å². The van der Waals surface area contributed by atoms with Crippen molar-refractivity contribution in [2.45, 2.75) is 39.3 Å². The molecule has 0 radical (unpaired) electrons. The van der Waals surface area contributed by atoms with Crippen LogP contribution < -0.4 is 16.3 Å². The molecule has 2 rings (SSSR count). The minimum Gasteiger partial charge on any atom is -0.271 e. The van der Waals surface area contributed by atoms with Gasteiger partial charge in [-0.15, -0.1) is 0 Å². The molecule has 1 aliphatic heterocycles. The number of hydrogen-bond donors (Lipinski definition) is 3. The van der Waals surface area contributed by atoms with Crippen LogP contribution in [0.2, 0.25) is 5.02 Å². The van der Waals surface area contributed by atoms with E-state index < -0.39 is 0 Å². The van der Waals surface area contributed by atoms with Crippen molar-refractivity contribution in [3.8, 4) is 0 Å². The summed E-state index contributed by atoms with van der Waals surface area (Å²) in [6.07, 6.45) is 0.754. The SMILES string of the molecule is C/C(=N\NC(=O)C1CC(C(C)C)NN1)c1ccccc1Cl. The van der Waals surface area contributed by atoms with Gasteiger partial charge in [-0.05, 0) is 25.3 Å².